The van der Waals surface area contributed by atoms with Gasteiger partial charge in [-0.1, -0.05) is 23.7 Å². The van der Waals surface area contributed by atoms with Crippen LogP contribution in [-0.2, 0) is 6.54 Å². The number of aromatic carboxylic acids is 1. The van der Waals surface area contributed by atoms with Gasteiger partial charge in [0.2, 0.25) is 0 Å². The average Bonchev–Trinajstić information content (AvgIpc) is 2.84. The van der Waals surface area contributed by atoms with Crippen LogP contribution >= 0.6 is 11.6 Å². The number of rotatable bonds is 4. The molecule has 0 spiro atoms. The van der Waals surface area contributed by atoms with E-state index in [9.17, 15) is 13.6 Å². The Kier molecular flexibility index (Phi) is 4.00. The van der Waals surface area contributed by atoms with Crippen molar-refractivity contribution in [1.29, 1.82) is 0 Å². The zero-order valence-electron chi connectivity index (χ0n) is 11.7. The molecule has 0 bridgehead atoms. The molecule has 0 saturated heterocycles. The van der Waals surface area contributed by atoms with E-state index >= 15 is 0 Å². The van der Waals surface area contributed by atoms with Crippen LogP contribution in [0.1, 0.15) is 10.4 Å². The molecule has 118 valence electrons. The van der Waals surface area contributed by atoms with Crippen molar-refractivity contribution in [1.82, 2.24) is 9.78 Å². The zero-order chi connectivity index (χ0) is 16.6. The number of hydrogen-bond donors (Lipinski definition) is 1. The highest BCUT2D eigenvalue weighted by Gasteiger charge is 2.17. The summed E-state index contributed by atoms with van der Waals surface area (Å²) in [5, 5.41) is 14.3. The number of hydrogen-bond acceptors (Lipinski definition) is 2. The van der Waals surface area contributed by atoms with Gasteiger partial charge in [0.05, 0.1) is 11.1 Å². The Labute approximate surface area is 134 Å². The molecular weight excluding hydrogens is 326 g/mol. The quantitative estimate of drug-likeness (QED) is 0.772. The van der Waals surface area contributed by atoms with Crippen molar-refractivity contribution in [2.24, 2.45) is 0 Å². The van der Waals surface area contributed by atoms with Crippen LogP contribution in [0.3, 0.4) is 0 Å². The van der Waals surface area contributed by atoms with Crippen molar-refractivity contribution in [3.63, 3.8) is 0 Å². The summed E-state index contributed by atoms with van der Waals surface area (Å²) >= 11 is 5.97. The first-order chi connectivity index (χ1) is 11.0. The van der Waals surface area contributed by atoms with Gasteiger partial charge in [-0.05, 0) is 30.3 Å². The lowest BCUT2D eigenvalue weighted by Crippen LogP contribution is -2.08. The maximum atomic E-state index is 12.8. The van der Waals surface area contributed by atoms with E-state index in [2.05, 4.69) is 5.10 Å². The summed E-state index contributed by atoms with van der Waals surface area (Å²) in [6, 6.07) is 11.1. The Morgan fingerprint density at radius 2 is 2.04 bits per heavy atom. The maximum Gasteiger partial charge on any atom is 0.335 e. The minimum Gasteiger partial charge on any atom is -0.478 e. The molecule has 0 atom stereocenters. The highest BCUT2D eigenvalue weighted by molar-refractivity contribution is 6.30. The highest BCUT2D eigenvalue weighted by Crippen LogP contribution is 2.30. The minimum atomic E-state index is -2.57. The molecule has 0 aliphatic heterocycles. The maximum absolute atomic E-state index is 12.8. The third-order valence-corrected chi connectivity index (χ3v) is 3.64. The van der Waals surface area contributed by atoms with E-state index in [-0.39, 0.29) is 5.56 Å². The molecule has 3 rings (SSSR count). The minimum absolute atomic E-state index is 0.0670. The Bertz CT molecular complexity index is 893. The first-order valence-electron chi connectivity index (χ1n) is 6.73. The van der Waals surface area contributed by atoms with E-state index in [1.165, 1.54) is 22.9 Å². The van der Waals surface area contributed by atoms with Crippen molar-refractivity contribution < 1.29 is 18.7 Å². The topological polar surface area (TPSA) is 55.1 Å². The standard InChI is InChI=1S/C16H11ClF2N2O2/c17-11-3-1-2-9(6-11)15-12-7-10(16(22)23)4-5-13(12)21(20-15)8-14(18)19/h1-7,14H,8H2,(H,22,23). The lowest BCUT2D eigenvalue weighted by molar-refractivity contribution is 0.0697. The third kappa shape index (κ3) is 3.03. The number of carboxylic acid groups (broad SMARTS) is 1. The monoisotopic (exact) mass is 336 g/mol. The molecular formula is C16H11ClF2N2O2. The number of benzene rings is 2. The summed E-state index contributed by atoms with van der Waals surface area (Å²) in [6.07, 6.45) is -2.57. The van der Waals surface area contributed by atoms with Crippen molar-refractivity contribution >= 4 is 28.5 Å². The fraction of sp³-hybridized carbons (Fsp3) is 0.125. The SMILES string of the molecule is O=C(O)c1ccc2c(c1)c(-c1cccc(Cl)c1)nn2CC(F)F. The molecule has 4 nitrogen and oxygen atoms in total. The molecule has 1 N–H and O–H groups in total. The molecule has 0 fully saturated rings. The van der Waals surface area contributed by atoms with Crippen LogP contribution in [0.4, 0.5) is 8.78 Å². The molecule has 3 aromatic rings. The molecule has 0 aliphatic carbocycles. The summed E-state index contributed by atoms with van der Waals surface area (Å²) < 4.78 is 26.7. The first-order valence-corrected chi connectivity index (χ1v) is 7.11. The number of fused-ring (bicyclic) bond motifs is 1. The van der Waals surface area contributed by atoms with E-state index in [0.29, 0.717) is 27.2 Å². The highest BCUT2D eigenvalue weighted by atomic mass is 35.5. The van der Waals surface area contributed by atoms with Gasteiger partial charge in [0.25, 0.3) is 6.43 Å². The van der Waals surface area contributed by atoms with Gasteiger partial charge in [0.15, 0.2) is 0 Å². The molecule has 0 radical (unpaired) electrons. The van der Waals surface area contributed by atoms with Crippen LogP contribution in [0.15, 0.2) is 42.5 Å². The van der Waals surface area contributed by atoms with Gasteiger partial charge >= 0.3 is 5.97 Å². The average molecular weight is 337 g/mol. The van der Waals surface area contributed by atoms with Crippen molar-refractivity contribution in [3.05, 3.63) is 53.1 Å². The molecule has 0 unspecified atom stereocenters. The number of alkyl halides is 2. The molecule has 1 aromatic heterocycles. The predicted molar refractivity (Wildman–Crippen MR) is 83.1 cm³/mol. The van der Waals surface area contributed by atoms with Gasteiger partial charge in [-0.25, -0.2) is 13.6 Å². The Morgan fingerprint density at radius 3 is 2.70 bits per heavy atom. The first kappa shape index (κ1) is 15.4. The molecule has 0 aliphatic rings. The van der Waals surface area contributed by atoms with Gasteiger partial charge in [-0.3, -0.25) is 4.68 Å². The number of nitrogens with zero attached hydrogens (tertiary/aromatic N) is 2. The summed E-state index contributed by atoms with van der Waals surface area (Å²) in [4.78, 5) is 11.2. The van der Waals surface area contributed by atoms with E-state index in [1.807, 2.05) is 0 Å². The molecule has 0 saturated carbocycles. The van der Waals surface area contributed by atoms with Crippen LogP contribution in [0.5, 0.6) is 0 Å². The zero-order valence-corrected chi connectivity index (χ0v) is 12.5. The summed E-state index contributed by atoms with van der Waals surface area (Å²) in [6.45, 7) is -0.566. The van der Waals surface area contributed by atoms with Gasteiger partial charge in [-0.2, -0.15) is 5.10 Å². The van der Waals surface area contributed by atoms with Crippen LogP contribution in [-0.4, -0.2) is 27.3 Å². The van der Waals surface area contributed by atoms with Crippen LogP contribution in [0.25, 0.3) is 22.2 Å². The third-order valence-electron chi connectivity index (χ3n) is 3.41. The normalized spacial score (nSPS) is 11.3. The number of aromatic nitrogens is 2. The summed E-state index contributed by atoms with van der Waals surface area (Å²) in [5.41, 5.74) is 1.58. The van der Waals surface area contributed by atoms with Gasteiger partial charge in [-0.15, -0.1) is 0 Å². The molecule has 7 heteroatoms. The van der Waals surface area contributed by atoms with Crippen LogP contribution in [0.2, 0.25) is 5.02 Å². The Hall–Kier alpha value is -2.47. The van der Waals surface area contributed by atoms with Gasteiger partial charge in [0, 0.05) is 16.0 Å². The van der Waals surface area contributed by atoms with Crippen LogP contribution in [0, 0.1) is 0 Å². The van der Waals surface area contributed by atoms with Gasteiger partial charge < -0.3 is 5.11 Å². The fourth-order valence-corrected chi connectivity index (χ4v) is 2.62. The number of halogens is 3. The number of carboxylic acids is 1. The summed E-state index contributed by atoms with van der Waals surface area (Å²) in [7, 11) is 0. The largest absolute Gasteiger partial charge is 0.478 e. The Morgan fingerprint density at radius 1 is 1.26 bits per heavy atom. The Balaban J connectivity index is 2.26. The van der Waals surface area contributed by atoms with Crippen LogP contribution < -0.4 is 0 Å². The smallest absolute Gasteiger partial charge is 0.335 e. The molecule has 1 heterocycles. The van der Waals surface area contributed by atoms with Gasteiger partial charge in [0.1, 0.15) is 12.2 Å². The fourth-order valence-electron chi connectivity index (χ4n) is 2.43. The van der Waals surface area contributed by atoms with Crippen molar-refractivity contribution in [2.75, 3.05) is 0 Å². The second kappa shape index (κ2) is 5.96. The van der Waals surface area contributed by atoms with E-state index in [4.69, 9.17) is 16.7 Å². The second-order valence-electron chi connectivity index (χ2n) is 4.97. The van der Waals surface area contributed by atoms with Crippen molar-refractivity contribution in [2.45, 2.75) is 13.0 Å². The van der Waals surface area contributed by atoms with Crippen molar-refractivity contribution in [3.8, 4) is 11.3 Å². The molecule has 2 aromatic carbocycles. The predicted octanol–water partition coefficient (Wildman–Crippen LogP) is 4.32. The summed E-state index contributed by atoms with van der Waals surface area (Å²) in [5.74, 6) is -1.09. The number of carbonyl (C=O) groups is 1. The van der Waals surface area contributed by atoms with E-state index in [1.54, 1.807) is 24.3 Å². The molecule has 23 heavy (non-hydrogen) atoms. The van der Waals surface area contributed by atoms with E-state index < -0.39 is 18.9 Å². The lowest BCUT2D eigenvalue weighted by Gasteiger charge is -2.02. The van der Waals surface area contributed by atoms with E-state index in [0.717, 1.165) is 0 Å². The lowest BCUT2D eigenvalue weighted by atomic mass is 10.1. The molecule has 0 amide bonds. The second-order valence-corrected chi connectivity index (χ2v) is 5.41.